The van der Waals surface area contributed by atoms with Crippen molar-refractivity contribution in [3.8, 4) is 5.75 Å². The Labute approximate surface area is 151 Å². The van der Waals surface area contributed by atoms with Gasteiger partial charge in [-0.1, -0.05) is 42.5 Å². The van der Waals surface area contributed by atoms with Gasteiger partial charge < -0.3 is 4.52 Å². The summed E-state index contributed by atoms with van der Waals surface area (Å²) in [7, 11) is -3.48. The average molecular weight is 371 g/mol. The number of hydrogen-bond donors (Lipinski definition) is 0. The van der Waals surface area contributed by atoms with Gasteiger partial charge in [-0.3, -0.25) is 14.6 Å². The van der Waals surface area contributed by atoms with Gasteiger partial charge in [0, 0.05) is 12.1 Å². The average Bonchev–Trinajstić information content (AvgIpc) is 2.62. The minimum Gasteiger partial charge on any atom is -0.424 e. The molecule has 0 radical (unpaired) electrons. The number of nitro groups is 1. The molecule has 0 amide bonds. The zero-order valence-electron chi connectivity index (χ0n) is 14.2. The lowest BCUT2D eigenvalue weighted by atomic mass is 10.1. The van der Waals surface area contributed by atoms with E-state index in [4.69, 9.17) is 9.05 Å². The maximum absolute atomic E-state index is 13.2. The lowest BCUT2D eigenvalue weighted by molar-refractivity contribution is -0.384. The monoisotopic (exact) mass is 371 g/mol. The van der Waals surface area contributed by atoms with Gasteiger partial charge in [0.1, 0.15) is 5.75 Å². The van der Waals surface area contributed by atoms with Gasteiger partial charge in [-0.25, -0.2) is 4.57 Å². The molecule has 0 saturated carbocycles. The van der Waals surface area contributed by atoms with Crippen molar-refractivity contribution in [2.75, 3.05) is 6.61 Å². The van der Waals surface area contributed by atoms with Crippen LogP contribution >= 0.6 is 7.60 Å². The predicted octanol–water partition coefficient (Wildman–Crippen LogP) is 5.56. The van der Waals surface area contributed by atoms with Crippen LogP contribution in [0.25, 0.3) is 10.8 Å². The third-order valence-electron chi connectivity index (χ3n) is 3.86. The molecule has 0 aliphatic heterocycles. The normalized spacial score (nSPS) is 13.3. The highest BCUT2D eigenvalue weighted by Crippen LogP contribution is 2.52. The highest BCUT2D eigenvalue weighted by molar-refractivity contribution is 7.53. The largest absolute Gasteiger partial charge is 0.424 e. The summed E-state index contributed by atoms with van der Waals surface area (Å²) in [6.45, 7) is 1.98. The molecule has 0 saturated heterocycles. The standard InChI is InChI=1S/C19H18NO5P/c1-2-24-26(23,25-18-12-10-17(11-13-18)20(21)22)14-16-8-5-7-15-6-3-4-9-19(15)16/h3-13H,2,14H2,1H3/t26-/m1/s1. The Hall–Kier alpha value is -2.69. The molecule has 7 heteroatoms. The van der Waals surface area contributed by atoms with E-state index < -0.39 is 12.5 Å². The third-order valence-corrected chi connectivity index (χ3v) is 5.73. The van der Waals surface area contributed by atoms with Gasteiger partial charge in [0.15, 0.2) is 0 Å². The van der Waals surface area contributed by atoms with Crippen LogP contribution in [0.1, 0.15) is 12.5 Å². The topological polar surface area (TPSA) is 78.7 Å². The molecule has 26 heavy (non-hydrogen) atoms. The summed E-state index contributed by atoms with van der Waals surface area (Å²) in [5, 5.41) is 12.8. The van der Waals surface area contributed by atoms with Crippen molar-refractivity contribution in [3.05, 3.63) is 82.4 Å². The van der Waals surface area contributed by atoms with E-state index in [1.54, 1.807) is 6.92 Å². The van der Waals surface area contributed by atoms with Crippen LogP contribution in [0.5, 0.6) is 5.75 Å². The molecule has 3 aromatic carbocycles. The minimum atomic E-state index is -3.48. The van der Waals surface area contributed by atoms with Gasteiger partial charge in [0.25, 0.3) is 5.69 Å². The second-order valence-corrected chi connectivity index (χ2v) is 7.65. The fourth-order valence-corrected chi connectivity index (χ4v) is 4.47. The van der Waals surface area contributed by atoms with Crippen LogP contribution < -0.4 is 4.52 Å². The summed E-state index contributed by atoms with van der Waals surface area (Å²) < 4.78 is 24.3. The van der Waals surface area contributed by atoms with Crippen molar-refractivity contribution in [1.82, 2.24) is 0 Å². The summed E-state index contributed by atoms with van der Waals surface area (Å²) in [6.07, 6.45) is 0.110. The molecule has 1 atom stereocenters. The molecule has 3 rings (SSSR count). The zero-order valence-corrected chi connectivity index (χ0v) is 15.1. The second kappa shape index (κ2) is 7.68. The Kier molecular flexibility index (Phi) is 5.35. The van der Waals surface area contributed by atoms with Crippen LogP contribution in [0.3, 0.4) is 0 Å². The van der Waals surface area contributed by atoms with E-state index in [0.29, 0.717) is 0 Å². The Bertz CT molecular complexity index is 966. The van der Waals surface area contributed by atoms with Crippen molar-refractivity contribution >= 4 is 24.1 Å². The van der Waals surface area contributed by atoms with Crippen molar-refractivity contribution in [2.24, 2.45) is 0 Å². The van der Waals surface area contributed by atoms with Crippen LogP contribution in [0.4, 0.5) is 5.69 Å². The molecule has 0 bridgehead atoms. The second-order valence-electron chi connectivity index (χ2n) is 5.67. The molecule has 0 fully saturated rings. The first-order chi connectivity index (χ1) is 12.5. The van der Waals surface area contributed by atoms with Gasteiger partial charge in [-0.15, -0.1) is 0 Å². The molecule has 0 unspecified atom stereocenters. The van der Waals surface area contributed by atoms with E-state index in [1.165, 1.54) is 24.3 Å². The summed E-state index contributed by atoms with van der Waals surface area (Å²) in [4.78, 5) is 10.3. The van der Waals surface area contributed by atoms with Crippen LogP contribution in [0.2, 0.25) is 0 Å². The number of rotatable bonds is 7. The van der Waals surface area contributed by atoms with Crippen molar-refractivity contribution < 1.29 is 18.5 Å². The summed E-state index contributed by atoms with van der Waals surface area (Å²) >= 11 is 0. The van der Waals surface area contributed by atoms with E-state index in [1.807, 2.05) is 42.5 Å². The lowest BCUT2D eigenvalue weighted by Gasteiger charge is -2.19. The number of nitrogens with zero attached hydrogens (tertiary/aromatic N) is 1. The smallest absolute Gasteiger partial charge is 0.383 e. The molecule has 0 spiro atoms. The van der Waals surface area contributed by atoms with E-state index in [2.05, 4.69) is 0 Å². The molecular weight excluding hydrogens is 353 g/mol. The van der Waals surface area contributed by atoms with E-state index in [0.717, 1.165) is 16.3 Å². The quantitative estimate of drug-likeness (QED) is 0.309. The Morgan fingerprint density at radius 2 is 1.69 bits per heavy atom. The maximum atomic E-state index is 13.2. The first-order valence-corrected chi connectivity index (χ1v) is 9.88. The molecule has 3 aromatic rings. The van der Waals surface area contributed by atoms with Crippen molar-refractivity contribution in [2.45, 2.75) is 13.1 Å². The van der Waals surface area contributed by atoms with E-state index in [9.17, 15) is 14.7 Å². The SMILES string of the molecule is CCO[P@](=O)(Cc1cccc2ccccc12)Oc1ccc([N+](=O)[O-])cc1. The Morgan fingerprint density at radius 1 is 1.00 bits per heavy atom. The molecule has 0 aliphatic rings. The van der Waals surface area contributed by atoms with Gasteiger partial charge in [-0.05, 0) is 35.4 Å². The lowest BCUT2D eigenvalue weighted by Crippen LogP contribution is -2.02. The molecular formula is C19H18NO5P. The fourth-order valence-electron chi connectivity index (χ4n) is 2.73. The molecule has 0 aliphatic carbocycles. The summed E-state index contributed by atoms with van der Waals surface area (Å²) in [5.41, 5.74) is 0.805. The van der Waals surface area contributed by atoms with Gasteiger partial charge in [0.05, 0.1) is 17.7 Å². The predicted molar refractivity (Wildman–Crippen MR) is 101 cm³/mol. The zero-order chi connectivity index (χ0) is 18.6. The number of fused-ring (bicyclic) bond motifs is 1. The Morgan fingerprint density at radius 3 is 2.38 bits per heavy atom. The number of non-ortho nitro benzene ring substituents is 1. The summed E-state index contributed by atoms with van der Waals surface area (Å²) in [5.74, 6) is 0.271. The van der Waals surface area contributed by atoms with Crippen molar-refractivity contribution in [3.63, 3.8) is 0 Å². The summed E-state index contributed by atoms with van der Waals surface area (Å²) in [6, 6.07) is 19.1. The highest BCUT2D eigenvalue weighted by Gasteiger charge is 2.27. The molecule has 134 valence electrons. The van der Waals surface area contributed by atoms with Gasteiger partial charge >= 0.3 is 7.60 Å². The third kappa shape index (κ3) is 4.10. The molecule has 0 aromatic heterocycles. The van der Waals surface area contributed by atoms with Gasteiger partial charge in [-0.2, -0.15) is 0 Å². The van der Waals surface area contributed by atoms with Crippen molar-refractivity contribution in [1.29, 1.82) is 0 Å². The maximum Gasteiger partial charge on any atom is 0.383 e. The van der Waals surface area contributed by atoms with Gasteiger partial charge in [0.2, 0.25) is 0 Å². The Balaban J connectivity index is 1.89. The molecule has 0 N–H and O–H groups in total. The van der Waals surface area contributed by atoms with Crippen LogP contribution in [-0.4, -0.2) is 11.5 Å². The molecule has 6 nitrogen and oxygen atoms in total. The minimum absolute atomic E-state index is 0.0577. The fraction of sp³-hybridized carbons (Fsp3) is 0.158. The number of benzene rings is 3. The highest BCUT2D eigenvalue weighted by atomic mass is 31.2. The van der Waals surface area contributed by atoms with Crippen LogP contribution in [0, 0.1) is 10.1 Å². The van der Waals surface area contributed by atoms with E-state index in [-0.39, 0.29) is 24.2 Å². The first-order valence-electron chi connectivity index (χ1n) is 8.15. The van der Waals surface area contributed by atoms with Crippen LogP contribution in [-0.2, 0) is 15.3 Å². The first kappa shape index (κ1) is 18.1. The molecule has 0 heterocycles. The van der Waals surface area contributed by atoms with E-state index >= 15 is 0 Å². The van der Waals surface area contributed by atoms with Crippen LogP contribution in [0.15, 0.2) is 66.7 Å². The number of nitro benzene ring substituents is 1. The number of hydrogen-bond acceptors (Lipinski definition) is 5.